The van der Waals surface area contributed by atoms with E-state index >= 15 is 0 Å². The minimum Gasteiger partial charge on any atom is -0.465 e. The number of carbonyl (C=O) groups excluding carboxylic acids is 1. The largest absolute Gasteiger partial charge is 0.465 e. The molecule has 1 rings (SSSR count). The number of carbonyl (C=O) groups is 1. The van der Waals surface area contributed by atoms with E-state index in [1.807, 2.05) is 18.4 Å². The second-order valence-electron chi connectivity index (χ2n) is 3.28. The van der Waals surface area contributed by atoms with E-state index in [1.54, 1.807) is 11.8 Å². The van der Waals surface area contributed by atoms with Crippen molar-refractivity contribution in [2.45, 2.75) is 25.5 Å². The van der Waals surface area contributed by atoms with Crippen molar-refractivity contribution in [2.75, 3.05) is 6.61 Å². The standard InChI is InChI=1S/C9H14O2S/c1-4-11-8(10)7-5-6-12-9(7,2)3/h5-7H,4H2,1-3H3. The molecule has 0 aromatic rings. The molecule has 0 aromatic carbocycles. The van der Waals surface area contributed by atoms with Crippen LogP contribution in [0.4, 0.5) is 0 Å². The highest BCUT2D eigenvalue weighted by Crippen LogP contribution is 2.40. The first kappa shape index (κ1) is 9.65. The van der Waals surface area contributed by atoms with E-state index in [1.165, 1.54) is 0 Å². The van der Waals surface area contributed by atoms with Crippen molar-refractivity contribution in [1.29, 1.82) is 0 Å². The molecule has 0 radical (unpaired) electrons. The van der Waals surface area contributed by atoms with Crippen LogP contribution in [-0.2, 0) is 9.53 Å². The lowest BCUT2D eigenvalue weighted by Gasteiger charge is -2.23. The summed E-state index contributed by atoms with van der Waals surface area (Å²) in [4.78, 5) is 11.4. The summed E-state index contributed by atoms with van der Waals surface area (Å²) in [5.41, 5.74) is 0. The van der Waals surface area contributed by atoms with Gasteiger partial charge in [-0.15, -0.1) is 11.8 Å². The van der Waals surface area contributed by atoms with Crippen molar-refractivity contribution in [3.05, 3.63) is 11.5 Å². The van der Waals surface area contributed by atoms with Crippen LogP contribution in [-0.4, -0.2) is 17.3 Å². The highest BCUT2D eigenvalue weighted by molar-refractivity contribution is 8.03. The monoisotopic (exact) mass is 186 g/mol. The summed E-state index contributed by atoms with van der Waals surface area (Å²) in [7, 11) is 0. The normalized spacial score (nSPS) is 25.8. The van der Waals surface area contributed by atoms with Crippen LogP contribution >= 0.6 is 11.8 Å². The lowest BCUT2D eigenvalue weighted by molar-refractivity contribution is -0.146. The van der Waals surface area contributed by atoms with Crippen LogP contribution in [0, 0.1) is 5.92 Å². The van der Waals surface area contributed by atoms with Gasteiger partial charge in [0.25, 0.3) is 0 Å². The molecule has 12 heavy (non-hydrogen) atoms. The highest BCUT2D eigenvalue weighted by Gasteiger charge is 2.37. The molecule has 0 N–H and O–H groups in total. The smallest absolute Gasteiger partial charge is 0.314 e. The van der Waals surface area contributed by atoms with E-state index in [0.29, 0.717) is 6.61 Å². The van der Waals surface area contributed by atoms with Gasteiger partial charge in [-0.3, -0.25) is 4.79 Å². The molecule has 0 fully saturated rings. The van der Waals surface area contributed by atoms with Gasteiger partial charge >= 0.3 is 5.97 Å². The molecular weight excluding hydrogens is 172 g/mol. The number of hydrogen-bond donors (Lipinski definition) is 0. The lowest BCUT2D eigenvalue weighted by atomic mass is 9.95. The first-order chi connectivity index (χ1) is 5.58. The molecule has 1 aliphatic rings. The first-order valence-electron chi connectivity index (χ1n) is 4.09. The van der Waals surface area contributed by atoms with Crippen LogP contribution in [0.1, 0.15) is 20.8 Å². The van der Waals surface area contributed by atoms with Gasteiger partial charge in [0.1, 0.15) is 0 Å². The molecule has 0 spiro atoms. The van der Waals surface area contributed by atoms with Crippen LogP contribution in [0.15, 0.2) is 11.5 Å². The van der Waals surface area contributed by atoms with Gasteiger partial charge < -0.3 is 4.74 Å². The van der Waals surface area contributed by atoms with Crippen LogP contribution in [0.25, 0.3) is 0 Å². The van der Waals surface area contributed by atoms with Crippen LogP contribution < -0.4 is 0 Å². The Morgan fingerprint density at radius 3 is 2.75 bits per heavy atom. The number of thioether (sulfide) groups is 1. The quantitative estimate of drug-likeness (QED) is 0.618. The van der Waals surface area contributed by atoms with Gasteiger partial charge in [-0.1, -0.05) is 6.08 Å². The topological polar surface area (TPSA) is 26.3 Å². The van der Waals surface area contributed by atoms with E-state index in [2.05, 4.69) is 13.8 Å². The predicted octanol–water partition coefficient (Wildman–Crippen LogP) is 2.20. The molecule has 3 heteroatoms. The Labute approximate surface area is 77.4 Å². The zero-order valence-electron chi connectivity index (χ0n) is 7.66. The minimum atomic E-state index is -0.108. The number of esters is 1. The molecule has 68 valence electrons. The maximum Gasteiger partial charge on any atom is 0.314 e. The summed E-state index contributed by atoms with van der Waals surface area (Å²) in [5.74, 6) is -0.189. The molecule has 1 heterocycles. The fraction of sp³-hybridized carbons (Fsp3) is 0.667. The van der Waals surface area contributed by atoms with Crippen molar-refractivity contribution >= 4 is 17.7 Å². The molecule has 0 saturated carbocycles. The van der Waals surface area contributed by atoms with Gasteiger partial charge in [0.05, 0.1) is 12.5 Å². The predicted molar refractivity (Wildman–Crippen MR) is 50.9 cm³/mol. The second kappa shape index (κ2) is 3.52. The van der Waals surface area contributed by atoms with E-state index in [-0.39, 0.29) is 16.6 Å². The van der Waals surface area contributed by atoms with Crippen LogP contribution in [0.3, 0.4) is 0 Å². The zero-order chi connectivity index (χ0) is 9.19. The van der Waals surface area contributed by atoms with Crippen molar-refractivity contribution in [3.8, 4) is 0 Å². The first-order valence-corrected chi connectivity index (χ1v) is 4.97. The van der Waals surface area contributed by atoms with Crippen molar-refractivity contribution < 1.29 is 9.53 Å². The molecule has 0 saturated heterocycles. The molecule has 0 aromatic heterocycles. The van der Waals surface area contributed by atoms with Crippen molar-refractivity contribution in [2.24, 2.45) is 5.92 Å². The van der Waals surface area contributed by atoms with E-state index in [9.17, 15) is 4.79 Å². The molecule has 0 bridgehead atoms. The average molecular weight is 186 g/mol. The third kappa shape index (κ3) is 1.83. The van der Waals surface area contributed by atoms with E-state index < -0.39 is 0 Å². The fourth-order valence-corrected chi connectivity index (χ4v) is 2.10. The third-order valence-corrected chi connectivity index (χ3v) is 3.09. The lowest BCUT2D eigenvalue weighted by Crippen LogP contribution is -2.31. The molecular formula is C9H14O2S. The zero-order valence-corrected chi connectivity index (χ0v) is 8.48. The summed E-state index contributed by atoms with van der Waals surface area (Å²) >= 11 is 1.68. The van der Waals surface area contributed by atoms with Crippen LogP contribution in [0.2, 0.25) is 0 Å². The molecule has 1 atom stereocenters. The van der Waals surface area contributed by atoms with Crippen LogP contribution in [0.5, 0.6) is 0 Å². The third-order valence-electron chi connectivity index (χ3n) is 1.93. The van der Waals surface area contributed by atoms with Gasteiger partial charge in [0.2, 0.25) is 0 Å². The Morgan fingerprint density at radius 1 is 1.67 bits per heavy atom. The Kier molecular flexibility index (Phi) is 2.83. The van der Waals surface area contributed by atoms with Gasteiger partial charge in [0, 0.05) is 4.75 Å². The summed E-state index contributed by atoms with van der Waals surface area (Å²) in [6, 6.07) is 0. The molecule has 1 aliphatic heterocycles. The Bertz CT molecular complexity index is 209. The fourth-order valence-electron chi connectivity index (χ4n) is 1.19. The SMILES string of the molecule is CCOC(=O)C1C=CSC1(C)C. The van der Waals surface area contributed by atoms with E-state index in [0.717, 1.165) is 0 Å². The Hall–Kier alpha value is -0.440. The van der Waals surface area contributed by atoms with Crippen molar-refractivity contribution in [1.82, 2.24) is 0 Å². The summed E-state index contributed by atoms with van der Waals surface area (Å²) in [6.07, 6.45) is 1.92. The highest BCUT2D eigenvalue weighted by atomic mass is 32.2. The number of hydrogen-bond acceptors (Lipinski definition) is 3. The Balaban J connectivity index is 2.62. The van der Waals surface area contributed by atoms with Gasteiger partial charge in [-0.25, -0.2) is 0 Å². The minimum absolute atomic E-state index is 0.0355. The van der Waals surface area contributed by atoms with Crippen molar-refractivity contribution in [3.63, 3.8) is 0 Å². The van der Waals surface area contributed by atoms with Gasteiger partial charge in [-0.2, -0.15) is 0 Å². The summed E-state index contributed by atoms with van der Waals surface area (Å²) < 4.78 is 4.92. The Morgan fingerprint density at radius 2 is 2.33 bits per heavy atom. The molecule has 0 amide bonds. The molecule has 1 unspecified atom stereocenters. The maximum absolute atomic E-state index is 11.4. The molecule has 2 nitrogen and oxygen atoms in total. The van der Waals surface area contributed by atoms with Gasteiger partial charge in [0.15, 0.2) is 0 Å². The number of ether oxygens (including phenoxy) is 1. The summed E-state index contributed by atoms with van der Waals surface area (Å²) in [6.45, 7) is 6.40. The molecule has 0 aliphatic carbocycles. The number of rotatable bonds is 2. The second-order valence-corrected chi connectivity index (χ2v) is 4.84. The van der Waals surface area contributed by atoms with Gasteiger partial charge in [-0.05, 0) is 26.2 Å². The van der Waals surface area contributed by atoms with E-state index in [4.69, 9.17) is 4.74 Å². The summed E-state index contributed by atoms with van der Waals surface area (Å²) in [5, 5.41) is 1.97. The average Bonchev–Trinajstić information content (AvgIpc) is 2.30. The maximum atomic E-state index is 11.4.